The zero-order valence-electron chi connectivity index (χ0n) is 21.9. The molecule has 1 saturated heterocycles. The third-order valence-corrected chi connectivity index (χ3v) is 7.40. The van der Waals surface area contributed by atoms with E-state index in [1.54, 1.807) is 22.9 Å². The van der Waals surface area contributed by atoms with Crippen molar-refractivity contribution in [1.29, 1.82) is 0 Å². The Bertz CT molecular complexity index is 1290. The molecule has 0 bridgehead atoms. The van der Waals surface area contributed by atoms with Gasteiger partial charge in [0.1, 0.15) is 28.5 Å². The number of aromatic nitrogens is 2. The lowest BCUT2D eigenvalue weighted by Crippen LogP contribution is -2.50. The van der Waals surface area contributed by atoms with Gasteiger partial charge in [0.05, 0.1) is 37.8 Å². The van der Waals surface area contributed by atoms with E-state index in [0.717, 1.165) is 26.1 Å². The second-order valence-electron chi connectivity index (χ2n) is 9.99. The maximum absolute atomic E-state index is 13.3. The Kier molecular flexibility index (Phi) is 8.47. The predicted octanol–water partition coefficient (Wildman–Crippen LogP) is 4.12. The number of nitrogens with zero attached hydrogens (tertiary/aromatic N) is 3. The Morgan fingerprint density at radius 1 is 1.18 bits per heavy atom. The fourth-order valence-corrected chi connectivity index (χ4v) is 5.13. The Morgan fingerprint density at radius 3 is 2.67 bits per heavy atom. The molecule has 1 aromatic carbocycles. The quantitative estimate of drug-likeness (QED) is 0.351. The highest BCUT2D eigenvalue weighted by Gasteiger charge is 2.32. The van der Waals surface area contributed by atoms with Gasteiger partial charge in [-0.25, -0.2) is 4.98 Å². The lowest BCUT2D eigenvalue weighted by Gasteiger charge is -2.33. The van der Waals surface area contributed by atoms with E-state index in [-0.39, 0.29) is 17.1 Å². The number of aliphatic hydroxyl groups excluding tert-OH is 1. The zero-order chi connectivity index (χ0) is 27.4. The number of nitrogens with one attached hydrogen (secondary N) is 1. The number of methoxy groups -OCH3 is 1. The van der Waals surface area contributed by atoms with Gasteiger partial charge in [-0.2, -0.15) is 8.78 Å². The lowest BCUT2D eigenvalue weighted by atomic mass is 9.89. The summed E-state index contributed by atoms with van der Waals surface area (Å²) in [5.74, 6) is -0.215. The van der Waals surface area contributed by atoms with Crippen LogP contribution < -0.4 is 19.5 Å². The first-order valence-electron chi connectivity index (χ1n) is 13.4. The van der Waals surface area contributed by atoms with Gasteiger partial charge in [-0.3, -0.25) is 9.20 Å². The number of amides is 1. The number of fused-ring (bicyclic) bond motifs is 1. The number of carbonyl (C=O) groups excluding carboxylic acids is 1. The SMILES string of the molecule is COc1cc(-c2cnc3cc(OCCCN4CCCCC4)ccn23)cc(OC(F)F)c1C(=O)N[C@H]1CC[C@H]1O. The van der Waals surface area contributed by atoms with E-state index < -0.39 is 24.7 Å². The average molecular weight is 545 g/mol. The van der Waals surface area contributed by atoms with Gasteiger partial charge >= 0.3 is 6.61 Å². The molecular weight excluding hydrogens is 510 g/mol. The number of ether oxygens (including phenoxy) is 3. The zero-order valence-corrected chi connectivity index (χ0v) is 21.9. The number of hydrogen-bond acceptors (Lipinski definition) is 7. The smallest absolute Gasteiger partial charge is 0.387 e. The predicted molar refractivity (Wildman–Crippen MR) is 141 cm³/mol. The summed E-state index contributed by atoms with van der Waals surface area (Å²) in [5, 5.41) is 12.5. The van der Waals surface area contributed by atoms with Crippen molar-refractivity contribution in [1.82, 2.24) is 19.6 Å². The number of rotatable bonds is 11. The van der Waals surface area contributed by atoms with Crippen LogP contribution in [0.4, 0.5) is 8.78 Å². The van der Waals surface area contributed by atoms with Gasteiger partial charge < -0.3 is 29.5 Å². The van der Waals surface area contributed by atoms with E-state index in [0.29, 0.717) is 42.1 Å². The summed E-state index contributed by atoms with van der Waals surface area (Å²) in [6.45, 7) is 0.797. The molecule has 0 radical (unpaired) electrons. The van der Waals surface area contributed by atoms with Crippen molar-refractivity contribution < 1.29 is 32.9 Å². The Labute approximate surface area is 225 Å². The summed E-state index contributed by atoms with van der Waals surface area (Å²) in [6.07, 6.45) is 8.71. The van der Waals surface area contributed by atoms with E-state index >= 15 is 0 Å². The molecule has 3 heterocycles. The molecule has 9 nitrogen and oxygen atoms in total. The Hall–Kier alpha value is -3.44. The number of pyridine rings is 1. The summed E-state index contributed by atoms with van der Waals surface area (Å²) < 4.78 is 44.6. The molecular formula is C28H34F2N4O5. The molecule has 2 N–H and O–H groups in total. The average Bonchev–Trinajstić information content (AvgIpc) is 3.36. The highest BCUT2D eigenvalue weighted by molar-refractivity contribution is 6.01. The van der Waals surface area contributed by atoms with Crippen LogP contribution in [0, 0.1) is 0 Å². The summed E-state index contributed by atoms with van der Waals surface area (Å²) in [4.78, 5) is 19.9. The van der Waals surface area contributed by atoms with Crippen LogP contribution in [0.2, 0.25) is 0 Å². The Morgan fingerprint density at radius 2 is 1.97 bits per heavy atom. The molecule has 3 aromatic rings. The number of aliphatic hydroxyl groups is 1. The number of alkyl halides is 2. The summed E-state index contributed by atoms with van der Waals surface area (Å²) in [5.41, 5.74) is 1.54. The molecule has 1 amide bonds. The summed E-state index contributed by atoms with van der Waals surface area (Å²) in [7, 11) is 1.35. The second-order valence-corrected chi connectivity index (χ2v) is 9.99. The van der Waals surface area contributed by atoms with Gasteiger partial charge in [0.2, 0.25) is 0 Å². The van der Waals surface area contributed by atoms with Gasteiger partial charge in [-0.15, -0.1) is 0 Å². The molecule has 2 aliphatic rings. The minimum Gasteiger partial charge on any atom is -0.496 e. The van der Waals surface area contributed by atoms with Crippen molar-refractivity contribution in [2.75, 3.05) is 33.4 Å². The van der Waals surface area contributed by atoms with Crippen LogP contribution in [0.5, 0.6) is 17.2 Å². The number of likely N-dealkylation sites (tertiary alicyclic amines) is 1. The molecule has 11 heteroatoms. The van der Waals surface area contributed by atoms with Gasteiger partial charge in [-0.05, 0) is 63.4 Å². The van der Waals surface area contributed by atoms with E-state index in [9.17, 15) is 18.7 Å². The van der Waals surface area contributed by atoms with Crippen LogP contribution in [0.15, 0.2) is 36.7 Å². The number of halogens is 2. The molecule has 0 spiro atoms. The molecule has 2 aromatic heterocycles. The first-order valence-corrected chi connectivity index (χ1v) is 13.4. The van der Waals surface area contributed by atoms with Crippen molar-refractivity contribution in [2.45, 2.75) is 57.3 Å². The minimum absolute atomic E-state index is 0.0677. The van der Waals surface area contributed by atoms with E-state index in [1.807, 2.05) is 12.1 Å². The fourth-order valence-electron chi connectivity index (χ4n) is 5.13. The van der Waals surface area contributed by atoms with Crippen LogP contribution in [-0.4, -0.2) is 77.4 Å². The van der Waals surface area contributed by atoms with Crippen molar-refractivity contribution in [3.63, 3.8) is 0 Å². The molecule has 2 atom stereocenters. The number of imidazole rings is 1. The number of piperidine rings is 1. The highest BCUT2D eigenvalue weighted by Crippen LogP contribution is 2.37. The molecule has 1 aliphatic heterocycles. The molecule has 210 valence electrons. The first kappa shape index (κ1) is 27.1. The van der Waals surface area contributed by atoms with Crippen molar-refractivity contribution in [3.8, 4) is 28.5 Å². The number of carbonyl (C=O) groups is 1. The maximum Gasteiger partial charge on any atom is 0.387 e. The van der Waals surface area contributed by atoms with Crippen LogP contribution in [0.25, 0.3) is 16.9 Å². The molecule has 5 rings (SSSR count). The minimum atomic E-state index is -3.15. The number of benzene rings is 1. The van der Waals surface area contributed by atoms with E-state index in [4.69, 9.17) is 14.2 Å². The van der Waals surface area contributed by atoms with E-state index in [1.165, 1.54) is 32.4 Å². The first-order chi connectivity index (χ1) is 18.9. The van der Waals surface area contributed by atoms with Crippen molar-refractivity contribution in [3.05, 3.63) is 42.2 Å². The third-order valence-electron chi connectivity index (χ3n) is 7.40. The van der Waals surface area contributed by atoms with Crippen LogP contribution >= 0.6 is 0 Å². The third kappa shape index (κ3) is 6.25. The van der Waals surface area contributed by atoms with Gasteiger partial charge in [0, 0.05) is 24.4 Å². The summed E-state index contributed by atoms with van der Waals surface area (Å²) in [6, 6.07) is 6.16. The van der Waals surface area contributed by atoms with Crippen molar-refractivity contribution in [2.24, 2.45) is 0 Å². The van der Waals surface area contributed by atoms with Crippen LogP contribution in [-0.2, 0) is 0 Å². The van der Waals surface area contributed by atoms with Crippen LogP contribution in [0.1, 0.15) is 48.9 Å². The lowest BCUT2D eigenvalue weighted by molar-refractivity contribution is -0.0502. The normalized spacial score (nSPS) is 19.6. The van der Waals surface area contributed by atoms with Crippen LogP contribution in [0.3, 0.4) is 0 Å². The van der Waals surface area contributed by atoms with Crippen molar-refractivity contribution >= 4 is 11.6 Å². The molecule has 2 fully saturated rings. The highest BCUT2D eigenvalue weighted by atomic mass is 19.3. The monoisotopic (exact) mass is 544 g/mol. The summed E-state index contributed by atoms with van der Waals surface area (Å²) >= 11 is 0. The fraction of sp³-hybridized carbons (Fsp3) is 0.500. The molecule has 0 unspecified atom stereocenters. The maximum atomic E-state index is 13.3. The molecule has 39 heavy (non-hydrogen) atoms. The second kappa shape index (κ2) is 12.2. The molecule has 1 aliphatic carbocycles. The largest absolute Gasteiger partial charge is 0.496 e. The van der Waals surface area contributed by atoms with Gasteiger partial charge in [-0.1, -0.05) is 6.42 Å². The van der Waals surface area contributed by atoms with Gasteiger partial charge in [0.25, 0.3) is 5.91 Å². The topological polar surface area (TPSA) is 97.6 Å². The molecule has 1 saturated carbocycles. The standard InChI is InChI=1S/C28H34F2N4O5/c1-37-23-14-18(15-24(39-28(29)30)26(23)27(36)32-20-6-7-22(20)35)21-17-31-25-16-19(8-12-34(21)25)38-13-5-11-33-9-3-2-4-10-33/h8,12,14-17,20,22,28,35H,2-7,9-11,13H2,1H3,(H,32,36)/t20-,22+/m0/s1. The van der Waals surface area contributed by atoms with E-state index in [2.05, 4.69) is 15.2 Å². The van der Waals surface area contributed by atoms with Gasteiger partial charge in [0.15, 0.2) is 0 Å². The Balaban J connectivity index is 1.35. The number of hydrogen-bond donors (Lipinski definition) is 2.